The van der Waals surface area contributed by atoms with Gasteiger partial charge in [-0.3, -0.25) is 9.59 Å². The highest BCUT2D eigenvalue weighted by molar-refractivity contribution is 5.86. The van der Waals surface area contributed by atoms with Crippen molar-refractivity contribution >= 4 is 11.8 Å². The number of carbonyl (C=O) groups is 2. The summed E-state index contributed by atoms with van der Waals surface area (Å²) in [4.78, 5) is 22.8. The Hall–Kier alpha value is -1.06. The van der Waals surface area contributed by atoms with Crippen LogP contribution in [0.3, 0.4) is 0 Å². The molecule has 2 amide bonds. The second kappa shape index (κ2) is 4.64. The van der Waals surface area contributed by atoms with Gasteiger partial charge in [-0.25, -0.2) is 0 Å². The molecule has 84 valence electrons. The van der Waals surface area contributed by atoms with Crippen molar-refractivity contribution in [2.24, 2.45) is 5.92 Å². The summed E-state index contributed by atoms with van der Waals surface area (Å²) in [6.07, 6.45) is 6.43. The van der Waals surface area contributed by atoms with Gasteiger partial charge in [-0.2, -0.15) is 0 Å². The van der Waals surface area contributed by atoms with Crippen LogP contribution in [0.25, 0.3) is 0 Å². The molecule has 2 aliphatic rings. The lowest BCUT2D eigenvalue weighted by Crippen LogP contribution is -2.39. The summed E-state index contributed by atoms with van der Waals surface area (Å²) in [5.74, 6) is 0.154. The van der Waals surface area contributed by atoms with Gasteiger partial charge in [-0.05, 0) is 25.7 Å². The first-order chi connectivity index (χ1) is 7.25. The molecule has 0 atom stereocenters. The Kier molecular flexibility index (Phi) is 3.23. The molecule has 2 N–H and O–H groups in total. The summed E-state index contributed by atoms with van der Waals surface area (Å²) >= 11 is 0. The highest BCUT2D eigenvalue weighted by Gasteiger charge is 2.25. The zero-order valence-electron chi connectivity index (χ0n) is 8.92. The maximum Gasteiger partial charge on any atom is 0.239 e. The van der Waals surface area contributed by atoms with Crippen LogP contribution in [0.1, 0.15) is 38.5 Å². The molecule has 2 fully saturated rings. The molecule has 0 saturated heterocycles. The first kappa shape index (κ1) is 10.5. The molecule has 0 radical (unpaired) electrons. The fourth-order valence-corrected chi connectivity index (χ4v) is 2.01. The second-order valence-electron chi connectivity index (χ2n) is 4.54. The maximum atomic E-state index is 11.6. The summed E-state index contributed by atoms with van der Waals surface area (Å²) in [5.41, 5.74) is 0. The van der Waals surface area contributed by atoms with Crippen molar-refractivity contribution in [2.45, 2.75) is 44.6 Å². The molecule has 0 unspecified atom stereocenters. The summed E-state index contributed by atoms with van der Waals surface area (Å²) in [6.45, 7) is 0.145. The van der Waals surface area contributed by atoms with E-state index in [1.54, 1.807) is 0 Å². The Bertz CT molecular complexity index is 255. The number of rotatable bonds is 4. The molecular formula is C11H18N2O2. The first-order valence-corrected chi connectivity index (χ1v) is 5.83. The van der Waals surface area contributed by atoms with E-state index in [9.17, 15) is 9.59 Å². The van der Waals surface area contributed by atoms with E-state index in [2.05, 4.69) is 10.6 Å². The van der Waals surface area contributed by atoms with Gasteiger partial charge in [0.1, 0.15) is 0 Å². The number of nitrogens with one attached hydrogen (secondary N) is 2. The van der Waals surface area contributed by atoms with Crippen LogP contribution in [-0.4, -0.2) is 24.4 Å². The predicted molar refractivity (Wildman–Crippen MR) is 56.1 cm³/mol. The molecule has 0 aliphatic heterocycles. The molecule has 4 heteroatoms. The fourth-order valence-electron chi connectivity index (χ4n) is 2.01. The quantitative estimate of drug-likeness (QED) is 0.712. The molecule has 2 saturated carbocycles. The molecule has 0 heterocycles. The summed E-state index contributed by atoms with van der Waals surface area (Å²) in [6, 6.07) is 0.376. The fraction of sp³-hybridized carbons (Fsp3) is 0.818. The van der Waals surface area contributed by atoms with Crippen LogP contribution in [-0.2, 0) is 9.59 Å². The van der Waals surface area contributed by atoms with Crippen molar-refractivity contribution in [2.75, 3.05) is 6.54 Å². The minimum atomic E-state index is -0.0520. The molecule has 0 aromatic heterocycles. The van der Waals surface area contributed by atoms with E-state index in [1.807, 2.05) is 0 Å². The molecule has 0 aromatic carbocycles. The minimum Gasteiger partial charge on any atom is -0.352 e. The van der Waals surface area contributed by atoms with Gasteiger partial charge in [0, 0.05) is 12.0 Å². The van der Waals surface area contributed by atoms with Gasteiger partial charge in [-0.1, -0.05) is 12.8 Å². The Morgan fingerprint density at radius 3 is 2.33 bits per heavy atom. The second-order valence-corrected chi connectivity index (χ2v) is 4.54. The summed E-state index contributed by atoms with van der Waals surface area (Å²) in [5, 5.41) is 5.55. The largest absolute Gasteiger partial charge is 0.352 e. The predicted octanol–water partition coefficient (Wildman–Crippen LogP) is 0.571. The number of carbonyl (C=O) groups excluding carboxylic acids is 2. The lowest BCUT2D eigenvalue weighted by atomic mass is 10.1. The van der Waals surface area contributed by atoms with Gasteiger partial charge in [0.05, 0.1) is 6.54 Å². The molecule has 0 aromatic rings. The standard InChI is InChI=1S/C11H18N2O2/c14-10(13-9-5-6-9)7-12-11(15)8-3-1-2-4-8/h8-9H,1-7H2,(H,12,15)(H,13,14). The van der Waals surface area contributed by atoms with Crippen molar-refractivity contribution in [1.82, 2.24) is 10.6 Å². The maximum absolute atomic E-state index is 11.6. The van der Waals surface area contributed by atoms with Crippen molar-refractivity contribution in [3.8, 4) is 0 Å². The van der Waals surface area contributed by atoms with Crippen LogP contribution in [0, 0.1) is 5.92 Å². The Morgan fingerprint density at radius 2 is 1.73 bits per heavy atom. The third kappa shape index (κ3) is 3.22. The van der Waals surface area contributed by atoms with Gasteiger partial charge < -0.3 is 10.6 Å². The van der Waals surface area contributed by atoms with Gasteiger partial charge >= 0.3 is 0 Å². The van der Waals surface area contributed by atoms with Crippen molar-refractivity contribution in [3.63, 3.8) is 0 Å². The molecule has 4 nitrogen and oxygen atoms in total. The molecule has 15 heavy (non-hydrogen) atoms. The van der Waals surface area contributed by atoms with E-state index in [0.29, 0.717) is 6.04 Å². The lowest BCUT2D eigenvalue weighted by Gasteiger charge is -2.09. The average molecular weight is 210 g/mol. The van der Waals surface area contributed by atoms with Crippen LogP contribution in [0.15, 0.2) is 0 Å². The van der Waals surface area contributed by atoms with Crippen LogP contribution in [0.2, 0.25) is 0 Å². The van der Waals surface area contributed by atoms with E-state index in [0.717, 1.165) is 38.5 Å². The van der Waals surface area contributed by atoms with E-state index in [1.165, 1.54) is 0 Å². The zero-order valence-corrected chi connectivity index (χ0v) is 8.92. The number of hydrogen-bond donors (Lipinski definition) is 2. The lowest BCUT2D eigenvalue weighted by molar-refractivity contribution is -0.128. The topological polar surface area (TPSA) is 58.2 Å². The Labute approximate surface area is 89.8 Å². The minimum absolute atomic E-state index is 0.0520. The third-order valence-corrected chi connectivity index (χ3v) is 3.09. The highest BCUT2D eigenvalue weighted by Crippen LogP contribution is 2.24. The van der Waals surface area contributed by atoms with Crippen LogP contribution >= 0.6 is 0 Å². The van der Waals surface area contributed by atoms with Crippen molar-refractivity contribution in [1.29, 1.82) is 0 Å². The normalized spacial score (nSPS) is 21.3. The SMILES string of the molecule is O=C(CNC(=O)C1CCCC1)NC1CC1. The summed E-state index contributed by atoms with van der Waals surface area (Å²) in [7, 11) is 0. The van der Waals surface area contributed by atoms with Crippen molar-refractivity contribution < 1.29 is 9.59 Å². The number of amides is 2. The van der Waals surface area contributed by atoms with E-state index >= 15 is 0 Å². The smallest absolute Gasteiger partial charge is 0.239 e. The van der Waals surface area contributed by atoms with E-state index in [4.69, 9.17) is 0 Å². The monoisotopic (exact) mass is 210 g/mol. The van der Waals surface area contributed by atoms with Gasteiger partial charge in [0.25, 0.3) is 0 Å². The van der Waals surface area contributed by atoms with Gasteiger partial charge in [0.15, 0.2) is 0 Å². The number of hydrogen-bond acceptors (Lipinski definition) is 2. The molecule has 0 spiro atoms. The average Bonchev–Trinajstić information content (AvgIpc) is 2.86. The molecule has 2 rings (SSSR count). The first-order valence-electron chi connectivity index (χ1n) is 5.83. The zero-order chi connectivity index (χ0) is 10.7. The van der Waals surface area contributed by atoms with Crippen molar-refractivity contribution in [3.05, 3.63) is 0 Å². The molecule has 2 aliphatic carbocycles. The highest BCUT2D eigenvalue weighted by atomic mass is 16.2. The van der Waals surface area contributed by atoms with Crippen LogP contribution in [0.5, 0.6) is 0 Å². The van der Waals surface area contributed by atoms with E-state index < -0.39 is 0 Å². The van der Waals surface area contributed by atoms with Crippen LogP contribution in [0.4, 0.5) is 0 Å². The molecular weight excluding hydrogens is 192 g/mol. The van der Waals surface area contributed by atoms with Crippen LogP contribution < -0.4 is 10.6 Å². The van der Waals surface area contributed by atoms with Gasteiger partial charge in [0.2, 0.25) is 11.8 Å². The van der Waals surface area contributed by atoms with E-state index in [-0.39, 0.29) is 24.3 Å². The third-order valence-electron chi connectivity index (χ3n) is 3.09. The Morgan fingerprint density at radius 1 is 1.07 bits per heavy atom. The van der Waals surface area contributed by atoms with Gasteiger partial charge in [-0.15, -0.1) is 0 Å². The summed E-state index contributed by atoms with van der Waals surface area (Å²) < 4.78 is 0. The Balaban J connectivity index is 1.62. The molecule has 0 bridgehead atoms.